The van der Waals surface area contributed by atoms with Gasteiger partial charge in [0.05, 0.1) is 5.56 Å². The number of aromatic nitrogens is 2. The molecule has 3 rings (SSSR count). The van der Waals surface area contributed by atoms with Crippen molar-refractivity contribution in [3.05, 3.63) is 77.1 Å². The molecule has 0 fully saturated rings. The highest BCUT2D eigenvalue weighted by Crippen LogP contribution is 2.23. The number of benzene rings is 2. The zero-order valence-corrected chi connectivity index (χ0v) is 15.9. The minimum absolute atomic E-state index is 0.201. The molecule has 0 bridgehead atoms. The number of hydrogen-bond donors (Lipinski definition) is 2. The minimum Gasteiger partial charge on any atom is -0.324 e. The third kappa shape index (κ3) is 4.50. The van der Waals surface area contributed by atoms with Gasteiger partial charge in [0.25, 0.3) is 5.91 Å². The van der Waals surface area contributed by atoms with Crippen LogP contribution >= 0.6 is 0 Å². The van der Waals surface area contributed by atoms with Crippen molar-refractivity contribution in [1.82, 2.24) is 9.97 Å². The molecule has 5 nitrogen and oxygen atoms in total. The molecule has 2 N–H and O–H groups in total. The highest BCUT2D eigenvalue weighted by molar-refractivity contribution is 6.04. The first-order valence-corrected chi connectivity index (χ1v) is 9.18. The average Bonchev–Trinajstić information content (AvgIpc) is 2.70. The van der Waals surface area contributed by atoms with Crippen LogP contribution in [0.2, 0.25) is 0 Å². The van der Waals surface area contributed by atoms with Gasteiger partial charge in [-0.15, -0.1) is 0 Å². The number of carbonyl (C=O) groups excluding carboxylic acids is 1. The van der Waals surface area contributed by atoms with Gasteiger partial charge in [0, 0.05) is 23.8 Å². The predicted octanol–water partition coefficient (Wildman–Crippen LogP) is 4.91. The molecule has 0 atom stereocenters. The van der Waals surface area contributed by atoms with Crippen molar-refractivity contribution in [3.63, 3.8) is 0 Å². The second-order valence-corrected chi connectivity index (χ2v) is 6.40. The van der Waals surface area contributed by atoms with Crippen LogP contribution < -0.4 is 10.6 Å². The van der Waals surface area contributed by atoms with Crippen molar-refractivity contribution >= 4 is 23.2 Å². The van der Waals surface area contributed by atoms with Gasteiger partial charge < -0.3 is 10.6 Å². The molecule has 1 amide bonds. The first kappa shape index (κ1) is 18.6. The molecule has 138 valence electrons. The Labute approximate surface area is 159 Å². The summed E-state index contributed by atoms with van der Waals surface area (Å²) < 4.78 is 0. The number of nitrogens with zero attached hydrogens (tertiary/aromatic N) is 2. The number of rotatable bonds is 6. The van der Waals surface area contributed by atoms with E-state index in [1.807, 2.05) is 49.4 Å². The van der Waals surface area contributed by atoms with Crippen molar-refractivity contribution in [3.8, 4) is 0 Å². The molecule has 27 heavy (non-hydrogen) atoms. The van der Waals surface area contributed by atoms with Crippen LogP contribution in [0.4, 0.5) is 17.3 Å². The van der Waals surface area contributed by atoms with Gasteiger partial charge in [-0.05, 0) is 43.0 Å². The van der Waals surface area contributed by atoms with E-state index in [2.05, 4.69) is 34.4 Å². The maximum atomic E-state index is 12.6. The summed E-state index contributed by atoms with van der Waals surface area (Å²) in [5.41, 5.74) is 5.67. The third-order valence-electron chi connectivity index (χ3n) is 4.46. The lowest BCUT2D eigenvalue weighted by atomic mass is 10.0. The Bertz CT molecular complexity index is 896. The summed E-state index contributed by atoms with van der Waals surface area (Å²) in [6.45, 7) is 6.20. The molecule has 2 aromatic carbocycles. The number of carbonyl (C=O) groups is 1. The van der Waals surface area contributed by atoms with Crippen LogP contribution in [0.1, 0.15) is 40.9 Å². The van der Waals surface area contributed by atoms with Crippen molar-refractivity contribution in [1.29, 1.82) is 0 Å². The van der Waals surface area contributed by atoms with Crippen LogP contribution in [0.5, 0.6) is 0 Å². The van der Waals surface area contributed by atoms with Gasteiger partial charge in [0.15, 0.2) is 0 Å². The normalized spacial score (nSPS) is 10.5. The largest absolute Gasteiger partial charge is 0.324 e. The molecule has 0 saturated heterocycles. The van der Waals surface area contributed by atoms with E-state index in [4.69, 9.17) is 0 Å². The fraction of sp³-hybridized carbons (Fsp3) is 0.227. The Hall–Kier alpha value is -3.21. The highest BCUT2D eigenvalue weighted by Gasteiger charge is 2.12. The Morgan fingerprint density at radius 1 is 0.926 bits per heavy atom. The van der Waals surface area contributed by atoms with Crippen molar-refractivity contribution in [2.45, 2.75) is 33.6 Å². The van der Waals surface area contributed by atoms with Gasteiger partial charge in [0.1, 0.15) is 0 Å². The standard InChI is InChI=1S/C22H24N4O/c1-4-16-7-6-8-17(5-2)20(16)26-21(27)18-13-23-22(24-14-18)25-19-11-9-15(3)10-12-19/h6-14H,4-5H2,1-3H3,(H,26,27)(H,23,24,25). The van der Waals surface area contributed by atoms with E-state index in [0.717, 1.165) is 35.3 Å². The summed E-state index contributed by atoms with van der Waals surface area (Å²) in [6, 6.07) is 14.1. The predicted molar refractivity (Wildman–Crippen MR) is 110 cm³/mol. The van der Waals surface area contributed by atoms with E-state index in [1.54, 1.807) is 12.4 Å². The Morgan fingerprint density at radius 2 is 1.52 bits per heavy atom. The smallest absolute Gasteiger partial charge is 0.258 e. The molecule has 0 saturated carbocycles. The molecule has 0 aliphatic heterocycles. The first-order valence-electron chi connectivity index (χ1n) is 9.18. The molecule has 3 aromatic rings. The number of nitrogens with one attached hydrogen (secondary N) is 2. The van der Waals surface area contributed by atoms with E-state index in [-0.39, 0.29) is 5.91 Å². The number of aryl methyl sites for hydroxylation is 3. The molecule has 1 heterocycles. The van der Waals surface area contributed by atoms with Crippen molar-refractivity contribution < 1.29 is 4.79 Å². The molecule has 0 radical (unpaired) electrons. The number of hydrogen-bond acceptors (Lipinski definition) is 4. The second kappa shape index (κ2) is 8.45. The summed E-state index contributed by atoms with van der Waals surface area (Å²) >= 11 is 0. The van der Waals surface area contributed by atoms with E-state index in [1.165, 1.54) is 5.56 Å². The fourth-order valence-electron chi connectivity index (χ4n) is 2.86. The van der Waals surface area contributed by atoms with Crippen molar-refractivity contribution in [2.24, 2.45) is 0 Å². The maximum absolute atomic E-state index is 12.6. The van der Waals surface area contributed by atoms with Crippen molar-refractivity contribution in [2.75, 3.05) is 10.6 Å². The van der Waals surface area contributed by atoms with E-state index < -0.39 is 0 Å². The number of anilines is 3. The van der Waals surface area contributed by atoms with Gasteiger partial charge >= 0.3 is 0 Å². The molecule has 5 heteroatoms. The van der Waals surface area contributed by atoms with Gasteiger partial charge in [-0.25, -0.2) is 9.97 Å². The van der Waals surface area contributed by atoms with E-state index >= 15 is 0 Å². The Kier molecular flexibility index (Phi) is 5.81. The SMILES string of the molecule is CCc1cccc(CC)c1NC(=O)c1cnc(Nc2ccc(C)cc2)nc1. The molecule has 0 aliphatic rings. The Balaban J connectivity index is 1.74. The van der Waals surface area contributed by atoms with Crippen LogP contribution in [-0.2, 0) is 12.8 Å². The lowest BCUT2D eigenvalue weighted by Crippen LogP contribution is -2.15. The quantitative estimate of drug-likeness (QED) is 0.656. The average molecular weight is 360 g/mol. The zero-order valence-electron chi connectivity index (χ0n) is 15.9. The molecular formula is C22H24N4O. The van der Waals surface area contributed by atoms with Gasteiger partial charge in [0.2, 0.25) is 5.95 Å². The topological polar surface area (TPSA) is 66.9 Å². The minimum atomic E-state index is -0.201. The third-order valence-corrected chi connectivity index (χ3v) is 4.46. The molecular weight excluding hydrogens is 336 g/mol. The Morgan fingerprint density at radius 3 is 2.07 bits per heavy atom. The van der Waals surface area contributed by atoms with Crippen LogP contribution in [0, 0.1) is 6.92 Å². The second-order valence-electron chi connectivity index (χ2n) is 6.40. The maximum Gasteiger partial charge on any atom is 0.258 e. The summed E-state index contributed by atoms with van der Waals surface area (Å²) in [5, 5.41) is 6.16. The molecule has 1 aromatic heterocycles. The summed E-state index contributed by atoms with van der Waals surface area (Å²) in [7, 11) is 0. The highest BCUT2D eigenvalue weighted by atomic mass is 16.1. The lowest BCUT2D eigenvalue weighted by Gasteiger charge is -2.14. The first-order chi connectivity index (χ1) is 13.1. The zero-order chi connectivity index (χ0) is 19.2. The van der Waals surface area contributed by atoms with Gasteiger partial charge in [-0.3, -0.25) is 4.79 Å². The van der Waals surface area contributed by atoms with Gasteiger partial charge in [-0.2, -0.15) is 0 Å². The molecule has 0 unspecified atom stereocenters. The summed E-state index contributed by atoms with van der Waals surface area (Å²) in [4.78, 5) is 21.2. The van der Waals surface area contributed by atoms with Crippen LogP contribution in [0.25, 0.3) is 0 Å². The summed E-state index contributed by atoms with van der Waals surface area (Å²) in [5.74, 6) is 0.256. The van der Waals surface area contributed by atoms with Crippen LogP contribution in [0.3, 0.4) is 0 Å². The monoisotopic (exact) mass is 360 g/mol. The lowest BCUT2D eigenvalue weighted by molar-refractivity contribution is 0.102. The fourth-order valence-corrected chi connectivity index (χ4v) is 2.86. The number of para-hydroxylation sites is 1. The summed E-state index contributed by atoms with van der Waals surface area (Å²) in [6.07, 6.45) is 4.80. The van der Waals surface area contributed by atoms with E-state index in [9.17, 15) is 4.79 Å². The molecule has 0 spiro atoms. The van der Waals surface area contributed by atoms with Crippen LogP contribution in [-0.4, -0.2) is 15.9 Å². The van der Waals surface area contributed by atoms with Gasteiger partial charge in [-0.1, -0.05) is 49.7 Å². The number of amides is 1. The molecule has 0 aliphatic carbocycles. The van der Waals surface area contributed by atoms with Crippen LogP contribution in [0.15, 0.2) is 54.9 Å². The van der Waals surface area contributed by atoms with E-state index in [0.29, 0.717) is 11.5 Å².